The molecule has 0 fully saturated rings. The predicted octanol–water partition coefficient (Wildman–Crippen LogP) is 4.70. The van der Waals surface area contributed by atoms with Crippen molar-refractivity contribution in [1.82, 2.24) is 9.55 Å². The number of benzene rings is 2. The van der Waals surface area contributed by atoms with Crippen LogP contribution < -0.4 is 10.3 Å². The van der Waals surface area contributed by atoms with Crippen LogP contribution in [0.15, 0.2) is 52.4 Å². The van der Waals surface area contributed by atoms with E-state index in [0.29, 0.717) is 33.9 Å². The van der Waals surface area contributed by atoms with Crippen molar-refractivity contribution in [1.29, 1.82) is 0 Å². The molecule has 0 aliphatic carbocycles. The van der Waals surface area contributed by atoms with E-state index in [4.69, 9.17) is 9.72 Å². The fourth-order valence-corrected chi connectivity index (χ4v) is 4.03. The summed E-state index contributed by atoms with van der Waals surface area (Å²) in [5.41, 5.74) is 2.24. The maximum absolute atomic E-state index is 13.0. The maximum Gasteiger partial charge on any atom is 0.262 e. The standard InChI is InChI=1S/C22H24N2O3S/c1-4-5-12-24-21(26)18-8-6-7-9-19(18)23-22(24)28-14-17-13-16(15(2)25)10-11-20(17)27-3/h6-11,13H,4-5,12,14H2,1-3H3. The number of thioether (sulfide) groups is 1. The average Bonchev–Trinajstić information content (AvgIpc) is 2.71. The van der Waals surface area contributed by atoms with Crippen LogP contribution in [-0.4, -0.2) is 22.4 Å². The van der Waals surface area contributed by atoms with Crippen LogP contribution in [0.2, 0.25) is 0 Å². The van der Waals surface area contributed by atoms with E-state index >= 15 is 0 Å². The monoisotopic (exact) mass is 396 g/mol. The first-order valence-electron chi connectivity index (χ1n) is 9.35. The van der Waals surface area contributed by atoms with Crippen LogP contribution in [0.3, 0.4) is 0 Å². The predicted molar refractivity (Wildman–Crippen MR) is 113 cm³/mol. The van der Waals surface area contributed by atoms with Gasteiger partial charge in [-0.1, -0.05) is 37.2 Å². The number of carbonyl (C=O) groups excluding carboxylic acids is 1. The van der Waals surface area contributed by atoms with Crippen LogP contribution in [0.4, 0.5) is 0 Å². The van der Waals surface area contributed by atoms with Crippen LogP contribution in [0, 0.1) is 0 Å². The SMILES string of the molecule is CCCCn1c(SCc2cc(C(C)=O)ccc2OC)nc2ccccc2c1=O. The number of rotatable bonds is 8. The van der Waals surface area contributed by atoms with Crippen LogP contribution in [0.25, 0.3) is 10.9 Å². The normalized spacial score (nSPS) is 11.0. The molecular weight excluding hydrogens is 372 g/mol. The fourth-order valence-electron chi connectivity index (χ4n) is 3.02. The number of para-hydroxylation sites is 1. The molecule has 146 valence electrons. The summed E-state index contributed by atoms with van der Waals surface area (Å²) in [6.07, 6.45) is 1.91. The second kappa shape index (κ2) is 9.06. The third-order valence-electron chi connectivity index (χ3n) is 4.61. The van der Waals surface area contributed by atoms with E-state index in [0.717, 1.165) is 24.2 Å². The third-order valence-corrected chi connectivity index (χ3v) is 5.63. The van der Waals surface area contributed by atoms with E-state index in [1.807, 2.05) is 36.4 Å². The number of Topliss-reactive ketones (excluding diaryl/α,β-unsaturated/α-hetero) is 1. The number of nitrogens with zero attached hydrogens (tertiary/aromatic N) is 2. The number of fused-ring (bicyclic) bond motifs is 1. The van der Waals surface area contributed by atoms with Gasteiger partial charge in [-0.25, -0.2) is 4.98 Å². The Bertz CT molecular complexity index is 1060. The molecule has 0 atom stereocenters. The van der Waals surface area contributed by atoms with E-state index in [9.17, 15) is 9.59 Å². The van der Waals surface area contributed by atoms with Crippen LogP contribution in [0.5, 0.6) is 5.75 Å². The van der Waals surface area contributed by atoms with Crippen molar-refractivity contribution in [2.45, 2.75) is 44.1 Å². The number of hydrogen-bond acceptors (Lipinski definition) is 5. The molecule has 3 rings (SSSR count). The van der Waals surface area contributed by atoms with Gasteiger partial charge in [0.15, 0.2) is 10.9 Å². The van der Waals surface area contributed by atoms with Gasteiger partial charge in [-0.05, 0) is 43.7 Å². The maximum atomic E-state index is 13.0. The molecule has 6 heteroatoms. The Labute approximate surface area is 168 Å². The number of hydrogen-bond donors (Lipinski definition) is 0. The summed E-state index contributed by atoms with van der Waals surface area (Å²) in [6.45, 7) is 4.29. The first-order chi connectivity index (χ1) is 13.5. The minimum atomic E-state index is -0.00833. The Balaban J connectivity index is 1.99. The van der Waals surface area contributed by atoms with Gasteiger partial charge in [0, 0.05) is 23.4 Å². The van der Waals surface area contributed by atoms with Crippen molar-refractivity contribution in [3.63, 3.8) is 0 Å². The highest BCUT2D eigenvalue weighted by Gasteiger charge is 2.13. The molecule has 5 nitrogen and oxygen atoms in total. The van der Waals surface area contributed by atoms with Gasteiger partial charge in [-0.2, -0.15) is 0 Å². The Morgan fingerprint density at radius 2 is 2.00 bits per heavy atom. The van der Waals surface area contributed by atoms with Crippen molar-refractivity contribution in [3.8, 4) is 5.75 Å². The summed E-state index contributed by atoms with van der Waals surface area (Å²) in [6, 6.07) is 12.9. The highest BCUT2D eigenvalue weighted by molar-refractivity contribution is 7.98. The van der Waals surface area contributed by atoms with Crippen molar-refractivity contribution in [3.05, 3.63) is 63.9 Å². The molecule has 0 amide bonds. The lowest BCUT2D eigenvalue weighted by molar-refractivity contribution is 0.101. The highest BCUT2D eigenvalue weighted by Crippen LogP contribution is 2.28. The van der Waals surface area contributed by atoms with Crippen molar-refractivity contribution >= 4 is 28.4 Å². The molecule has 3 aromatic rings. The van der Waals surface area contributed by atoms with Crippen molar-refractivity contribution in [2.75, 3.05) is 7.11 Å². The van der Waals surface area contributed by atoms with E-state index in [1.165, 1.54) is 11.8 Å². The molecule has 2 aromatic carbocycles. The molecule has 0 N–H and O–H groups in total. The number of ether oxygens (including phenoxy) is 1. The van der Waals surface area contributed by atoms with Gasteiger partial charge in [0.1, 0.15) is 5.75 Å². The average molecular weight is 397 g/mol. The Kier molecular flexibility index (Phi) is 6.52. The highest BCUT2D eigenvalue weighted by atomic mass is 32.2. The van der Waals surface area contributed by atoms with Crippen molar-refractivity contribution < 1.29 is 9.53 Å². The molecule has 0 bridgehead atoms. The summed E-state index contributed by atoms with van der Waals surface area (Å²) in [5.74, 6) is 1.29. The molecule has 0 unspecified atom stereocenters. The van der Waals surface area contributed by atoms with Gasteiger partial charge < -0.3 is 4.74 Å². The van der Waals surface area contributed by atoms with Gasteiger partial charge >= 0.3 is 0 Å². The summed E-state index contributed by atoms with van der Waals surface area (Å²) in [4.78, 5) is 29.4. The van der Waals surface area contributed by atoms with E-state index in [2.05, 4.69) is 6.92 Å². The van der Waals surface area contributed by atoms with E-state index in [-0.39, 0.29) is 11.3 Å². The molecular formula is C22H24N2O3S. The van der Waals surface area contributed by atoms with Gasteiger partial charge in [-0.3, -0.25) is 14.2 Å². The fraction of sp³-hybridized carbons (Fsp3) is 0.318. The lowest BCUT2D eigenvalue weighted by Crippen LogP contribution is -2.23. The van der Waals surface area contributed by atoms with Gasteiger partial charge in [0.25, 0.3) is 5.56 Å². The Morgan fingerprint density at radius 3 is 2.71 bits per heavy atom. The zero-order valence-electron chi connectivity index (χ0n) is 16.4. The van der Waals surface area contributed by atoms with E-state index < -0.39 is 0 Å². The zero-order chi connectivity index (χ0) is 20.1. The number of carbonyl (C=O) groups is 1. The number of ketones is 1. The lowest BCUT2D eigenvalue weighted by Gasteiger charge is -2.14. The zero-order valence-corrected chi connectivity index (χ0v) is 17.2. The summed E-state index contributed by atoms with van der Waals surface area (Å²) in [5, 5.41) is 1.33. The largest absolute Gasteiger partial charge is 0.496 e. The molecule has 0 aliphatic heterocycles. The molecule has 0 saturated carbocycles. The number of unbranched alkanes of at least 4 members (excludes halogenated alkanes) is 1. The molecule has 1 aromatic heterocycles. The first kappa shape index (κ1) is 20.1. The first-order valence-corrected chi connectivity index (χ1v) is 10.3. The molecule has 0 radical (unpaired) electrons. The lowest BCUT2D eigenvalue weighted by atomic mass is 10.1. The Hall–Kier alpha value is -2.60. The smallest absolute Gasteiger partial charge is 0.262 e. The van der Waals surface area contributed by atoms with Crippen LogP contribution >= 0.6 is 11.8 Å². The topological polar surface area (TPSA) is 61.2 Å². The summed E-state index contributed by atoms with van der Waals surface area (Å²) in [7, 11) is 1.61. The molecule has 28 heavy (non-hydrogen) atoms. The second-order valence-corrected chi connectivity index (χ2v) is 7.54. The quantitative estimate of drug-likeness (QED) is 0.314. The van der Waals surface area contributed by atoms with Crippen molar-refractivity contribution in [2.24, 2.45) is 0 Å². The number of aromatic nitrogens is 2. The molecule has 0 spiro atoms. The molecule has 0 aliphatic rings. The molecule has 0 saturated heterocycles. The van der Waals surface area contributed by atoms with Crippen LogP contribution in [-0.2, 0) is 12.3 Å². The molecule has 1 heterocycles. The van der Waals surface area contributed by atoms with Gasteiger partial charge in [-0.15, -0.1) is 0 Å². The Morgan fingerprint density at radius 1 is 1.21 bits per heavy atom. The third kappa shape index (κ3) is 4.28. The number of methoxy groups -OCH3 is 1. The summed E-state index contributed by atoms with van der Waals surface area (Å²) >= 11 is 1.49. The summed E-state index contributed by atoms with van der Waals surface area (Å²) < 4.78 is 7.21. The minimum Gasteiger partial charge on any atom is -0.496 e. The van der Waals surface area contributed by atoms with E-state index in [1.54, 1.807) is 24.7 Å². The van der Waals surface area contributed by atoms with Crippen LogP contribution in [0.1, 0.15) is 42.6 Å². The second-order valence-electron chi connectivity index (χ2n) is 6.59. The van der Waals surface area contributed by atoms with Gasteiger partial charge in [0.2, 0.25) is 0 Å². The van der Waals surface area contributed by atoms with Gasteiger partial charge in [0.05, 0.1) is 18.0 Å². The minimum absolute atomic E-state index is 0.00833.